The van der Waals surface area contributed by atoms with Gasteiger partial charge in [0.05, 0.1) is 6.20 Å². The molecule has 9 heteroatoms. The van der Waals surface area contributed by atoms with Gasteiger partial charge in [-0.05, 0) is 55.2 Å². The molecule has 1 unspecified atom stereocenters. The summed E-state index contributed by atoms with van der Waals surface area (Å²) in [6.07, 6.45) is 4.97. The topological polar surface area (TPSA) is 124 Å². The number of amides is 2. The number of Topliss-reactive ketones (excluding diaryl/α,β-unsaturated/α-hetero) is 1. The fourth-order valence-electron chi connectivity index (χ4n) is 4.62. The van der Waals surface area contributed by atoms with E-state index in [-0.39, 0.29) is 29.9 Å². The summed E-state index contributed by atoms with van der Waals surface area (Å²) in [6.45, 7) is 1.94. The SMILES string of the molecule is CCCCC(CC1(Cc2ccc(F)cc2)CCC1)(NC(=O)O)C(=O)C(=O)Nc1ccn[nH]1. The van der Waals surface area contributed by atoms with E-state index in [1.807, 2.05) is 6.92 Å². The van der Waals surface area contributed by atoms with Crippen LogP contribution in [-0.4, -0.2) is 38.6 Å². The molecule has 0 bridgehead atoms. The number of rotatable bonds is 11. The maximum Gasteiger partial charge on any atom is 0.405 e. The van der Waals surface area contributed by atoms with Gasteiger partial charge < -0.3 is 15.7 Å². The van der Waals surface area contributed by atoms with Crippen LogP contribution in [-0.2, 0) is 16.0 Å². The maximum absolute atomic E-state index is 13.4. The summed E-state index contributed by atoms with van der Waals surface area (Å²) >= 11 is 0. The molecule has 8 nitrogen and oxygen atoms in total. The molecule has 4 N–H and O–H groups in total. The Labute approximate surface area is 186 Å². The average Bonchev–Trinajstić information content (AvgIpc) is 3.24. The van der Waals surface area contributed by atoms with Crippen LogP contribution in [0.25, 0.3) is 0 Å². The van der Waals surface area contributed by atoms with Crippen molar-refractivity contribution in [2.24, 2.45) is 5.41 Å². The number of carboxylic acid groups (broad SMARTS) is 1. The Kier molecular flexibility index (Phi) is 7.27. The van der Waals surface area contributed by atoms with E-state index in [4.69, 9.17) is 0 Å². The van der Waals surface area contributed by atoms with E-state index in [1.54, 1.807) is 12.1 Å². The van der Waals surface area contributed by atoms with Crippen molar-refractivity contribution in [3.8, 4) is 0 Å². The number of anilines is 1. The molecule has 1 saturated carbocycles. The number of hydrogen-bond acceptors (Lipinski definition) is 4. The van der Waals surface area contributed by atoms with Crippen LogP contribution in [0.15, 0.2) is 36.5 Å². The van der Waals surface area contributed by atoms with E-state index < -0.39 is 23.3 Å². The molecular formula is C23H29FN4O4. The molecule has 0 aliphatic heterocycles. The number of ketones is 1. The van der Waals surface area contributed by atoms with Crippen molar-refractivity contribution in [1.82, 2.24) is 15.5 Å². The highest BCUT2D eigenvalue weighted by atomic mass is 19.1. The van der Waals surface area contributed by atoms with Crippen LogP contribution in [0.1, 0.15) is 57.4 Å². The van der Waals surface area contributed by atoms with Gasteiger partial charge in [0.1, 0.15) is 17.2 Å². The molecule has 2 aromatic rings. The summed E-state index contributed by atoms with van der Waals surface area (Å²) in [5, 5.41) is 20.8. The molecule has 3 rings (SSSR count). The second-order valence-corrected chi connectivity index (χ2v) is 8.70. The first-order valence-electron chi connectivity index (χ1n) is 10.9. The maximum atomic E-state index is 13.4. The van der Waals surface area contributed by atoms with Crippen LogP contribution in [0.2, 0.25) is 0 Å². The molecule has 1 aliphatic carbocycles. The number of benzene rings is 1. The Bertz CT molecular complexity index is 941. The summed E-state index contributed by atoms with van der Waals surface area (Å²) in [4.78, 5) is 38.0. The number of nitrogens with one attached hydrogen (secondary N) is 3. The highest BCUT2D eigenvalue weighted by Crippen LogP contribution is 2.50. The molecule has 1 heterocycles. The summed E-state index contributed by atoms with van der Waals surface area (Å²) < 4.78 is 13.3. The third-order valence-electron chi connectivity index (χ3n) is 6.28. The molecule has 1 aliphatic rings. The second-order valence-electron chi connectivity index (χ2n) is 8.70. The van der Waals surface area contributed by atoms with E-state index in [9.17, 15) is 23.9 Å². The third kappa shape index (κ3) is 5.52. The minimum absolute atomic E-state index is 0.207. The quantitative estimate of drug-likeness (QED) is 0.389. The van der Waals surface area contributed by atoms with Gasteiger partial charge in [-0.2, -0.15) is 5.10 Å². The number of carbonyl (C=O) groups excluding carboxylic acids is 2. The third-order valence-corrected chi connectivity index (χ3v) is 6.28. The fraction of sp³-hybridized carbons (Fsp3) is 0.478. The first-order chi connectivity index (χ1) is 15.3. The van der Waals surface area contributed by atoms with E-state index in [0.29, 0.717) is 12.8 Å². The first-order valence-corrected chi connectivity index (χ1v) is 10.9. The predicted molar refractivity (Wildman–Crippen MR) is 117 cm³/mol. The molecule has 1 atom stereocenters. The number of carbonyl (C=O) groups is 3. The lowest BCUT2D eigenvalue weighted by atomic mass is 9.58. The van der Waals surface area contributed by atoms with Crippen molar-refractivity contribution in [3.63, 3.8) is 0 Å². The Morgan fingerprint density at radius 1 is 1.22 bits per heavy atom. The highest BCUT2D eigenvalue weighted by molar-refractivity contribution is 6.43. The van der Waals surface area contributed by atoms with Crippen molar-refractivity contribution in [1.29, 1.82) is 0 Å². The number of aromatic amines is 1. The van der Waals surface area contributed by atoms with Gasteiger partial charge in [0.2, 0.25) is 5.78 Å². The number of hydrogen-bond donors (Lipinski definition) is 4. The number of H-pyrrole nitrogens is 1. The molecule has 0 radical (unpaired) electrons. The first kappa shape index (κ1) is 23.4. The van der Waals surface area contributed by atoms with Crippen molar-refractivity contribution in [2.75, 3.05) is 5.32 Å². The van der Waals surface area contributed by atoms with Crippen molar-refractivity contribution in [3.05, 3.63) is 47.9 Å². The van der Waals surface area contributed by atoms with Gasteiger partial charge >= 0.3 is 6.09 Å². The number of nitrogens with zero attached hydrogens (tertiary/aromatic N) is 1. The van der Waals surface area contributed by atoms with Gasteiger partial charge in [-0.25, -0.2) is 9.18 Å². The Balaban J connectivity index is 1.90. The zero-order valence-electron chi connectivity index (χ0n) is 18.1. The summed E-state index contributed by atoms with van der Waals surface area (Å²) in [5.74, 6) is -1.77. The van der Waals surface area contributed by atoms with Crippen LogP contribution < -0.4 is 10.6 Å². The van der Waals surface area contributed by atoms with Gasteiger partial charge in [-0.15, -0.1) is 0 Å². The Morgan fingerprint density at radius 3 is 2.47 bits per heavy atom. The van der Waals surface area contributed by atoms with Gasteiger partial charge in [0.25, 0.3) is 5.91 Å². The molecule has 32 heavy (non-hydrogen) atoms. The van der Waals surface area contributed by atoms with Gasteiger partial charge in [0, 0.05) is 6.07 Å². The number of aromatic nitrogens is 2. The summed E-state index contributed by atoms with van der Waals surface area (Å²) in [6, 6.07) is 7.71. The van der Waals surface area contributed by atoms with Gasteiger partial charge in [-0.1, -0.05) is 38.3 Å². The average molecular weight is 445 g/mol. The van der Waals surface area contributed by atoms with E-state index >= 15 is 0 Å². The molecule has 1 aromatic carbocycles. The highest BCUT2D eigenvalue weighted by Gasteiger charge is 2.51. The van der Waals surface area contributed by atoms with E-state index in [2.05, 4.69) is 20.8 Å². The minimum atomic E-state index is -1.55. The Hall–Kier alpha value is -3.23. The van der Waals surface area contributed by atoms with Crippen LogP contribution in [0.3, 0.4) is 0 Å². The van der Waals surface area contributed by atoms with Crippen LogP contribution >= 0.6 is 0 Å². The molecule has 172 valence electrons. The zero-order chi connectivity index (χ0) is 23.2. The van der Waals surface area contributed by atoms with E-state index in [1.165, 1.54) is 24.4 Å². The van der Waals surface area contributed by atoms with Crippen LogP contribution in [0.4, 0.5) is 15.0 Å². The summed E-state index contributed by atoms with van der Waals surface area (Å²) in [7, 11) is 0. The minimum Gasteiger partial charge on any atom is -0.465 e. The molecule has 1 fully saturated rings. The molecule has 0 spiro atoms. The largest absolute Gasteiger partial charge is 0.465 e. The van der Waals surface area contributed by atoms with Gasteiger partial charge in [0.15, 0.2) is 0 Å². The van der Waals surface area contributed by atoms with Crippen molar-refractivity contribution >= 4 is 23.6 Å². The molecule has 0 saturated heterocycles. The summed E-state index contributed by atoms with van der Waals surface area (Å²) in [5.41, 5.74) is -0.982. The lowest BCUT2D eigenvalue weighted by molar-refractivity contribution is -0.140. The lowest BCUT2D eigenvalue weighted by Crippen LogP contribution is -2.60. The standard InChI is InChI=1S/C23H29FN4O4/c1-2-3-12-23(27-21(31)32,19(29)20(30)26-18-9-13-25-28-18)15-22(10-4-11-22)14-16-5-7-17(24)8-6-16/h5-9,13,27H,2-4,10-12,14-15H2,1H3,(H,31,32)(H2,25,26,28,30). The van der Waals surface area contributed by atoms with Crippen molar-refractivity contribution < 1.29 is 23.9 Å². The smallest absolute Gasteiger partial charge is 0.405 e. The number of unbranched alkanes of at least 4 members (excludes halogenated alkanes) is 1. The van der Waals surface area contributed by atoms with Gasteiger partial charge in [-0.3, -0.25) is 14.7 Å². The molecule has 2 amide bonds. The van der Waals surface area contributed by atoms with Crippen molar-refractivity contribution in [2.45, 2.75) is 63.8 Å². The number of halogens is 1. The lowest BCUT2D eigenvalue weighted by Gasteiger charge is -2.48. The molecular weight excluding hydrogens is 415 g/mol. The predicted octanol–water partition coefficient (Wildman–Crippen LogP) is 4.06. The van der Waals surface area contributed by atoms with Crippen LogP contribution in [0, 0.1) is 11.2 Å². The van der Waals surface area contributed by atoms with E-state index in [0.717, 1.165) is 31.2 Å². The second kappa shape index (κ2) is 9.93. The van der Waals surface area contributed by atoms with Crippen LogP contribution in [0.5, 0.6) is 0 Å². The Morgan fingerprint density at radius 2 is 1.94 bits per heavy atom. The molecule has 1 aromatic heterocycles. The monoisotopic (exact) mass is 444 g/mol. The normalized spacial score (nSPS) is 16.4. The zero-order valence-corrected chi connectivity index (χ0v) is 18.1. The fourth-order valence-corrected chi connectivity index (χ4v) is 4.62.